The minimum Gasteiger partial charge on any atom is -0.392 e. The van der Waals surface area contributed by atoms with Crippen molar-refractivity contribution in [1.82, 2.24) is 0 Å². The zero-order chi connectivity index (χ0) is 14.8. The van der Waals surface area contributed by atoms with Crippen molar-refractivity contribution in [2.45, 2.75) is 18.4 Å². The van der Waals surface area contributed by atoms with Crippen LogP contribution >= 0.6 is 11.6 Å². The van der Waals surface area contributed by atoms with E-state index in [1.165, 1.54) is 6.07 Å². The minimum absolute atomic E-state index is 0.0829. The van der Waals surface area contributed by atoms with E-state index >= 15 is 0 Å². The molecule has 106 valence electrons. The first-order valence-electron chi connectivity index (χ1n) is 5.91. The maximum atomic E-state index is 12.3. The number of aliphatic hydroxyl groups excluding tert-OH is 1. The SMILES string of the molecule is Cc1ccc(Cl)cc1S(=O)(=O)Nc1ccc(CO)cc1. The monoisotopic (exact) mass is 311 g/mol. The third kappa shape index (κ3) is 3.30. The summed E-state index contributed by atoms with van der Waals surface area (Å²) in [7, 11) is -3.68. The number of benzene rings is 2. The standard InChI is InChI=1S/C14H14ClNO3S/c1-10-2-5-12(15)8-14(10)20(18,19)16-13-6-3-11(9-17)4-7-13/h2-8,16-17H,9H2,1H3. The van der Waals surface area contributed by atoms with E-state index in [1.54, 1.807) is 43.3 Å². The molecule has 0 radical (unpaired) electrons. The molecule has 0 bridgehead atoms. The zero-order valence-corrected chi connectivity index (χ0v) is 12.4. The van der Waals surface area contributed by atoms with Crippen LogP contribution < -0.4 is 4.72 Å². The molecule has 0 spiro atoms. The van der Waals surface area contributed by atoms with Gasteiger partial charge in [0.1, 0.15) is 0 Å². The lowest BCUT2D eigenvalue weighted by Gasteiger charge is -2.11. The second kappa shape index (κ2) is 5.83. The molecule has 2 N–H and O–H groups in total. The smallest absolute Gasteiger partial charge is 0.262 e. The van der Waals surface area contributed by atoms with Crippen LogP contribution in [0.1, 0.15) is 11.1 Å². The predicted octanol–water partition coefficient (Wildman–Crippen LogP) is 2.94. The molecule has 0 amide bonds. The van der Waals surface area contributed by atoms with Crippen molar-refractivity contribution in [2.75, 3.05) is 4.72 Å². The molecular formula is C14H14ClNO3S. The Morgan fingerprint density at radius 3 is 2.40 bits per heavy atom. The molecule has 0 saturated heterocycles. The third-order valence-electron chi connectivity index (χ3n) is 2.83. The van der Waals surface area contributed by atoms with E-state index in [4.69, 9.17) is 16.7 Å². The van der Waals surface area contributed by atoms with Crippen LogP contribution in [-0.4, -0.2) is 13.5 Å². The van der Waals surface area contributed by atoms with Gasteiger partial charge in [-0.25, -0.2) is 8.42 Å². The number of sulfonamides is 1. The van der Waals surface area contributed by atoms with Gasteiger partial charge in [0.15, 0.2) is 0 Å². The molecule has 2 aromatic carbocycles. The average Bonchev–Trinajstić information content (AvgIpc) is 2.42. The zero-order valence-electron chi connectivity index (χ0n) is 10.8. The lowest BCUT2D eigenvalue weighted by Crippen LogP contribution is -2.14. The van der Waals surface area contributed by atoms with Gasteiger partial charge < -0.3 is 5.11 Å². The van der Waals surface area contributed by atoms with Crippen LogP contribution in [-0.2, 0) is 16.6 Å². The number of nitrogens with one attached hydrogen (secondary N) is 1. The molecule has 0 aliphatic heterocycles. The van der Waals surface area contributed by atoms with E-state index in [9.17, 15) is 8.42 Å². The van der Waals surface area contributed by atoms with Crippen LogP contribution in [0.15, 0.2) is 47.4 Å². The Kier molecular flexibility index (Phi) is 4.32. The van der Waals surface area contributed by atoms with Crippen LogP contribution in [0.5, 0.6) is 0 Å². The van der Waals surface area contributed by atoms with Crippen molar-refractivity contribution in [3.05, 3.63) is 58.6 Å². The largest absolute Gasteiger partial charge is 0.392 e. The fourth-order valence-corrected chi connectivity index (χ4v) is 3.32. The van der Waals surface area contributed by atoms with E-state index in [2.05, 4.69) is 4.72 Å². The summed E-state index contributed by atoms with van der Waals surface area (Å²) in [6.07, 6.45) is 0. The van der Waals surface area contributed by atoms with Crippen LogP contribution in [0.4, 0.5) is 5.69 Å². The van der Waals surface area contributed by atoms with Crippen molar-refractivity contribution in [2.24, 2.45) is 0 Å². The molecule has 2 rings (SSSR count). The molecule has 4 nitrogen and oxygen atoms in total. The first-order valence-corrected chi connectivity index (χ1v) is 7.77. The van der Waals surface area contributed by atoms with Crippen molar-refractivity contribution in [3.8, 4) is 0 Å². The highest BCUT2D eigenvalue weighted by atomic mass is 35.5. The Morgan fingerprint density at radius 2 is 1.80 bits per heavy atom. The number of hydrogen-bond acceptors (Lipinski definition) is 3. The molecule has 0 saturated carbocycles. The summed E-state index contributed by atoms with van der Waals surface area (Å²) in [5, 5.41) is 9.32. The predicted molar refractivity (Wildman–Crippen MR) is 79.4 cm³/mol. The molecule has 0 unspecified atom stereocenters. The minimum atomic E-state index is -3.68. The first-order chi connectivity index (χ1) is 9.42. The fourth-order valence-electron chi connectivity index (χ4n) is 1.75. The lowest BCUT2D eigenvalue weighted by molar-refractivity contribution is 0.282. The second-order valence-electron chi connectivity index (χ2n) is 4.37. The van der Waals surface area contributed by atoms with E-state index < -0.39 is 10.0 Å². The maximum Gasteiger partial charge on any atom is 0.262 e. The Balaban J connectivity index is 2.32. The van der Waals surface area contributed by atoms with Gasteiger partial charge in [0.25, 0.3) is 10.0 Å². The van der Waals surface area contributed by atoms with Gasteiger partial charge in [-0.2, -0.15) is 0 Å². The van der Waals surface area contributed by atoms with Gasteiger partial charge in [0.05, 0.1) is 11.5 Å². The number of rotatable bonds is 4. The molecule has 0 aliphatic carbocycles. The van der Waals surface area contributed by atoms with Crippen LogP contribution in [0.3, 0.4) is 0 Å². The van der Waals surface area contributed by atoms with Crippen LogP contribution in [0.2, 0.25) is 5.02 Å². The van der Waals surface area contributed by atoms with E-state index in [-0.39, 0.29) is 11.5 Å². The highest BCUT2D eigenvalue weighted by Crippen LogP contribution is 2.23. The summed E-state index contributed by atoms with van der Waals surface area (Å²) < 4.78 is 27.1. The quantitative estimate of drug-likeness (QED) is 0.912. The Bertz CT molecular complexity index is 712. The summed E-state index contributed by atoms with van der Waals surface area (Å²) in [6.45, 7) is 1.63. The molecule has 6 heteroatoms. The van der Waals surface area contributed by atoms with Crippen molar-refractivity contribution < 1.29 is 13.5 Å². The Morgan fingerprint density at radius 1 is 1.15 bits per heavy atom. The summed E-state index contributed by atoms with van der Waals surface area (Å²) >= 11 is 5.85. The van der Waals surface area contributed by atoms with Crippen molar-refractivity contribution in [1.29, 1.82) is 0 Å². The summed E-state index contributed by atoms with van der Waals surface area (Å²) in [5.41, 5.74) is 1.77. The Hall–Kier alpha value is -1.56. The maximum absolute atomic E-state index is 12.3. The van der Waals surface area contributed by atoms with Gasteiger partial charge >= 0.3 is 0 Å². The molecular weight excluding hydrogens is 298 g/mol. The molecule has 0 aliphatic rings. The van der Waals surface area contributed by atoms with Crippen molar-refractivity contribution in [3.63, 3.8) is 0 Å². The van der Waals surface area contributed by atoms with E-state index in [0.29, 0.717) is 21.8 Å². The van der Waals surface area contributed by atoms with Gasteiger partial charge in [0, 0.05) is 10.7 Å². The van der Waals surface area contributed by atoms with E-state index in [1.807, 2.05) is 0 Å². The number of halogens is 1. The molecule has 0 atom stereocenters. The average molecular weight is 312 g/mol. The molecule has 2 aromatic rings. The summed E-state index contributed by atoms with van der Waals surface area (Å²) in [4.78, 5) is 0.149. The fraction of sp³-hybridized carbons (Fsp3) is 0.143. The molecule has 20 heavy (non-hydrogen) atoms. The third-order valence-corrected chi connectivity index (χ3v) is 4.59. The first kappa shape index (κ1) is 14.8. The lowest BCUT2D eigenvalue weighted by atomic mass is 10.2. The van der Waals surface area contributed by atoms with Crippen LogP contribution in [0.25, 0.3) is 0 Å². The van der Waals surface area contributed by atoms with Gasteiger partial charge in [-0.3, -0.25) is 4.72 Å². The molecule has 0 fully saturated rings. The second-order valence-corrected chi connectivity index (χ2v) is 6.46. The normalized spacial score (nSPS) is 11.3. The van der Waals surface area contributed by atoms with Gasteiger partial charge in [0.2, 0.25) is 0 Å². The van der Waals surface area contributed by atoms with Gasteiger partial charge in [-0.15, -0.1) is 0 Å². The summed E-state index contributed by atoms with van der Waals surface area (Å²) in [6, 6.07) is 11.2. The summed E-state index contributed by atoms with van der Waals surface area (Å²) in [5.74, 6) is 0. The molecule has 0 heterocycles. The van der Waals surface area contributed by atoms with Gasteiger partial charge in [-0.1, -0.05) is 29.8 Å². The molecule has 0 aromatic heterocycles. The Labute approximate surface area is 123 Å². The number of anilines is 1. The van der Waals surface area contributed by atoms with Crippen LogP contribution in [0, 0.1) is 6.92 Å². The number of aliphatic hydroxyl groups is 1. The van der Waals surface area contributed by atoms with E-state index in [0.717, 1.165) is 0 Å². The van der Waals surface area contributed by atoms with Gasteiger partial charge in [-0.05, 0) is 42.3 Å². The highest BCUT2D eigenvalue weighted by molar-refractivity contribution is 7.92. The number of hydrogen-bond donors (Lipinski definition) is 2. The number of aryl methyl sites for hydroxylation is 1. The highest BCUT2D eigenvalue weighted by Gasteiger charge is 2.17. The van der Waals surface area contributed by atoms with Crippen molar-refractivity contribution >= 4 is 27.3 Å². The topological polar surface area (TPSA) is 66.4 Å².